The Bertz CT molecular complexity index is 1060. The van der Waals surface area contributed by atoms with Crippen molar-refractivity contribution in [1.82, 2.24) is 4.98 Å². The summed E-state index contributed by atoms with van der Waals surface area (Å²) in [5, 5.41) is 1.39. The molecule has 0 aliphatic heterocycles. The van der Waals surface area contributed by atoms with Crippen LogP contribution in [0.3, 0.4) is 0 Å². The highest BCUT2D eigenvalue weighted by atomic mass is 19.1. The monoisotopic (exact) mass is 407 g/mol. The Kier molecular flexibility index (Phi) is 5.98. The van der Waals surface area contributed by atoms with Gasteiger partial charge in [0, 0.05) is 16.5 Å². The maximum Gasteiger partial charge on any atom is 0.313 e. The second kappa shape index (κ2) is 8.82. The van der Waals surface area contributed by atoms with Crippen LogP contribution < -0.4 is 4.74 Å². The zero-order chi connectivity index (χ0) is 21.1. The molecule has 0 bridgehead atoms. The summed E-state index contributed by atoms with van der Waals surface area (Å²) in [6.45, 7) is 2.17. The van der Waals surface area contributed by atoms with Crippen LogP contribution in [0.15, 0.2) is 48.5 Å². The zero-order valence-electron chi connectivity index (χ0n) is 17.4. The molecule has 0 amide bonds. The van der Waals surface area contributed by atoms with Gasteiger partial charge in [-0.1, -0.05) is 43.2 Å². The van der Waals surface area contributed by atoms with Gasteiger partial charge in [-0.2, -0.15) is 0 Å². The van der Waals surface area contributed by atoms with Crippen LogP contribution in [0.25, 0.3) is 22.0 Å². The molecule has 1 aliphatic rings. The molecule has 1 aromatic heterocycles. The van der Waals surface area contributed by atoms with E-state index in [0.717, 1.165) is 42.2 Å². The van der Waals surface area contributed by atoms with Gasteiger partial charge in [-0.25, -0.2) is 9.37 Å². The van der Waals surface area contributed by atoms with Crippen LogP contribution >= 0.6 is 0 Å². The van der Waals surface area contributed by atoms with Gasteiger partial charge in [0.05, 0.1) is 25.3 Å². The van der Waals surface area contributed by atoms with Crippen molar-refractivity contribution in [2.24, 2.45) is 5.92 Å². The van der Waals surface area contributed by atoms with Crippen LogP contribution in [0.1, 0.15) is 44.1 Å². The fraction of sp³-hybridized carbons (Fsp3) is 0.360. The number of nitrogens with zero attached hydrogens (tertiary/aromatic N) is 1. The standard InChI is InChI=1S/C25H26FNO3/c1-3-30-25(28)23(17-7-4-5-8-17)19-13-14-22(27-24(19)29-2)18-12-11-16-9-6-10-21(26)20(16)15-18/h6,9-15,17,23H,3-5,7-8H2,1-2H3. The number of halogens is 1. The van der Waals surface area contributed by atoms with Gasteiger partial charge in [0.25, 0.3) is 0 Å². The van der Waals surface area contributed by atoms with Gasteiger partial charge in [-0.05, 0) is 49.3 Å². The molecule has 3 aromatic rings. The van der Waals surface area contributed by atoms with Gasteiger partial charge in [-0.3, -0.25) is 4.79 Å². The molecule has 1 fully saturated rings. The van der Waals surface area contributed by atoms with Crippen molar-refractivity contribution < 1.29 is 18.7 Å². The Labute approximate surface area is 176 Å². The fourth-order valence-corrected chi connectivity index (χ4v) is 4.50. The lowest BCUT2D eigenvalue weighted by molar-refractivity contribution is -0.146. The Morgan fingerprint density at radius 1 is 1.17 bits per heavy atom. The molecule has 156 valence electrons. The van der Waals surface area contributed by atoms with Crippen molar-refractivity contribution in [3.8, 4) is 17.1 Å². The van der Waals surface area contributed by atoms with Gasteiger partial charge in [0.1, 0.15) is 5.82 Å². The number of carbonyl (C=O) groups is 1. The van der Waals surface area contributed by atoms with Crippen molar-refractivity contribution in [3.05, 3.63) is 59.9 Å². The number of ether oxygens (including phenoxy) is 2. The Morgan fingerprint density at radius 3 is 2.70 bits per heavy atom. The number of methoxy groups -OCH3 is 1. The molecular weight excluding hydrogens is 381 g/mol. The number of fused-ring (bicyclic) bond motifs is 1. The molecule has 0 N–H and O–H groups in total. The lowest BCUT2D eigenvalue weighted by atomic mass is 9.85. The quantitative estimate of drug-likeness (QED) is 0.478. The van der Waals surface area contributed by atoms with E-state index in [1.54, 1.807) is 19.2 Å². The summed E-state index contributed by atoms with van der Waals surface area (Å²) in [6, 6.07) is 14.4. The first kappa shape index (κ1) is 20.3. The van der Waals surface area contributed by atoms with E-state index in [4.69, 9.17) is 9.47 Å². The van der Waals surface area contributed by atoms with Crippen LogP contribution in [-0.4, -0.2) is 24.7 Å². The largest absolute Gasteiger partial charge is 0.481 e. The number of pyridine rings is 1. The van der Waals surface area contributed by atoms with Crippen molar-refractivity contribution >= 4 is 16.7 Å². The molecular formula is C25H26FNO3. The normalized spacial score (nSPS) is 15.3. The molecule has 4 rings (SSSR count). The summed E-state index contributed by atoms with van der Waals surface area (Å²) in [5.41, 5.74) is 2.24. The number of carbonyl (C=O) groups excluding carboxylic acids is 1. The molecule has 30 heavy (non-hydrogen) atoms. The maximum atomic E-state index is 14.2. The van der Waals surface area contributed by atoms with E-state index in [1.807, 2.05) is 37.3 Å². The van der Waals surface area contributed by atoms with Crippen LogP contribution in [0.5, 0.6) is 5.88 Å². The first-order valence-corrected chi connectivity index (χ1v) is 10.5. The van der Waals surface area contributed by atoms with Gasteiger partial charge in [0.15, 0.2) is 0 Å². The van der Waals surface area contributed by atoms with Crippen LogP contribution in [0, 0.1) is 11.7 Å². The average molecular weight is 407 g/mol. The zero-order valence-corrected chi connectivity index (χ0v) is 17.4. The summed E-state index contributed by atoms with van der Waals surface area (Å²) in [4.78, 5) is 17.5. The van der Waals surface area contributed by atoms with Gasteiger partial charge >= 0.3 is 5.97 Å². The molecule has 2 aromatic carbocycles. The summed E-state index contributed by atoms with van der Waals surface area (Å²) in [6.07, 6.45) is 4.24. The van der Waals surface area contributed by atoms with Gasteiger partial charge in [-0.15, -0.1) is 0 Å². The average Bonchev–Trinajstić information content (AvgIpc) is 3.29. The molecule has 1 unspecified atom stereocenters. The highest BCUT2D eigenvalue weighted by Crippen LogP contribution is 2.41. The predicted molar refractivity (Wildman–Crippen MR) is 115 cm³/mol. The molecule has 1 heterocycles. The highest BCUT2D eigenvalue weighted by molar-refractivity contribution is 5.87. The van der Waals surface area contributed by atoms with E-state index in [9.17, 15) is 9.18 Å². The SMILES string of the molecule is CCOC(=O)C(c1ccc(-c2ccc3cccc(F)c3c2)nc1OC)C1CCCC1. The topological polar surface area (TPSA) is 48.4 Å². The summed E-state index contributed by atoms with van der Waals surface area (Å²) >= 11 is 0. The minimum absolute atomic E-state index is 0.218. The van der Waals surface area contributed by atoms with Crippen molar-refractivity contribution in [2.75, 3.05) is 13.7 Å². The molecule has 0 saturated heterocycles. The first-order valence-electron chi connectivity index (χ1n) is 10.5. The van der Waals surface area contributed by atoms with Crippen LogP contribution in [0.4, 0.5) is 4.39 Å². The molecule has 5 heteroatoms. The van der Waals surface area contributed by atoms with Crippen LogP contribution in [0.2, 0.25) is 0 Å². The summed E-state index contributed by atoms with van der Waals surface area (Å²) in [7, 11) is 1.56. The second-order valence-corrected chi connectivity index (χ2v) is 7.75. The summed E-state index contributed by atoms with van der Waals surface area (Å²) < 4.78 is 25.2. The fourth-order valence-electron chi connectivity index (χ4n) is 4.50. The second-order valence-electron chi connectivity index (χ2n) is 7.75. The van der Waals surface area contributed by atoms with Crippen LogP contribution in [-0.2, 0) is 9.53 Å². The molecule has 1 aliphatic carbocycles. The predicted octanol–water partition coefficient (Wildman–Crippen LogP) is 5.89. The van der Waals surface area contributed by atoms with Gasteiger partial charge in [0.2, 0.25) is 5.88 Å². The third kappa shape index (κ3) is 3.89. The Hall–Kier alpha value is -2.95. The number of benzene rings is 2. The summed E-state index contributed by atoms with van der Waals surface area (Å²) in [5.74, 6) is -0.198. The van der Waals surface area contributed by atoms with E-state index in [0.29, 0.717) is 23.6 Å². The van der Waals surface area contributed by atoms with E-state index >= 15 is 0 Å². The lowest BCUT2D eigenvalue weighted by Crippen LogP contribution is -2.23. The van der Waals surface area contributed by atoms with E-state index in [-0.39, 0.29) is 23.6 Å². The lowest BCUT2D eigenvalue weighted by Gasteiger charge is -2.23. The molecule has 0 spiro atoms. The number of hydrogen-bond acceptors (Lipinski definition) is 4. The number of aromatic nitrogens is 1. The van der Waals surface area contributed by atoms with Crippen molar-refractivity contribution in [1.29, 1.82) is 0 Å². The molecule has 4 nitrogen and oxygen atoms in total. The molecule has 1 saturated carbocycles. The number of hydrogen-bond donors (Lipinski definition) is 0. The highest BCUT2D eigenvalue weighted by Gasteiger charge is 2.35. The Morgan fingerprint density at radius 2 is 1.97 bits per heavy atom. The third-order valence-corrected chi connectivity index (χ3v) is 5.95. The number of esters is 1. The number of rotatable bonds is 6. The van der Waals surface area contributed by atoms with E-state index in [1.165, 1.54) is 6.07 Å². The maximum absolute atomic E-state index is 14.2. The van der Waals surface area contributed by atoms with Gasteiger partial charge < -0.3 is 9.47 Å². The van der Waals surface area contributed by atoms with Crippen molar-refractivity contribution in [2.45, 2.75) is 38.5 Å². The Balaban J connectivity index is 1.75. The smallest absolute Gasteiger partial charge is 0.313 e. The molecule has 0 radical (unpaired) electrons. The van der Waals surface area contributed by atoms with E-state index < -0.39 is 0 Å². The van der Waals surface area contributed by atoms with E-state index in [2.05, 4.69) is 4.98 Å². The molecule has 1 atom stereocenters. The minimum Gasteiger partial charge on any atom is -0.481 e. The third-order valence-electron chi connectivity index (χ3n) is 5.95. The first-order chi connectivity index (χ1) is 14.6. The van der Waals surface area contributed by atoms with Crippen molar-refractivity contribution in [3.63, 3.8) is 0 Å². The minimum atomic E-state index is -0.377.